The lowest BCUT2D eigenvalue weighted by atomic mass is 10.3. The summed E-state index contributed by atoms with van der Waals surface area (Å²) in [6.07, 6.45) is 1.01. The third-order valence-corrected chi connectivity index (χ3v) is 3.62. The van der Waals surface area contributed by atoms with Crippen molar-refractivity contribution in [2.75, 3.05) is 6.54 Å². The van der Waals surface area contributed by atoms with E-state index >= 15 is 0 Å². The fourth-order valence-corrected chi connectivity index (χ4v) is 2.42. The standard InChI is InChI=1S/C12H18N2O3S/c1-3-9-4-5-10(18-9)6-13-7-11(12(16)17)14-8(2)15/h4-5,11,13H,3,6-7H2,1-2H3,(H,14,15)(H,16,17). The monoisotopic (exact) mass is 270 g/mol. The van der Waals surface area contributed by atoms with E-state index in [0.29, 0.717) is 6.54 Å². The van der Waals surface area contributed by atoms with Gasteiger partial charge < -0.3 is 15.7 Å². The molecule has 0 saturated carbocycles. The number of carboxylic acid groups (broad SMARTS) is 1. The van der Waals surface area contributed by atoms with E-state index in [2.05, 4.69) is 23.6 Å². The lowest BCUT2D eigenvalue weighted by Gasteiger charge is -2.13. The number of rotatable bonds is 7. The predicted molar refractivity (Wildman–Crippen MR) is 70.6 cm³/mol. The maximum Gasteiger partial charge on any atom is 0.327 e. The molecule has 1 rings (SSSR count). The van der Waals surface area contributed by atoms with Crippen molar-refractivity contribution in [2.24, 2.45) is 0 Å². The summed E-state index contributed by atoms with van der Waals surface area (Å²) in [5, 5.41) is 14.3. The summed E-state index contributed by atoms with van der Waals surface area (Å²) in [6, 6.07) is 3.22. The van der Waals surface area contributed by atoms with Gasteiger partial charge >= 0.3 is 5.97 Å². The van der Waals surface area contributed by atoms with Gasteiger partial charge in [-0.15, -0.1) is 11.3 Å². The summed E-state index contributed by atoms with van der Waals surface area (Å²) >= 11 is 1.71. The first-order chi connectivity index (χ1) is 8.52. The van der Waals surface area contributed by atoms with Gasteiger partial charge in [-0.2, -0.15) is 0 Å². The number of thiophene rings is 1. The second kappa shape index (κ2) is 7.13. The molecule has 0 aromatic carbocycles. The summed E-state index contributed by atoms with van der Waals surface area (Å²) < 4.78 is 0. The maximum absolute atomic E-state index is 10.9. The smallest absolute Gasteiger partial charge is 0.327 e. The van der Waals surface area contributed by atoms with Gasteiger partial charge in [-0.25, -0.2) is 4.79 Å². The Labute approximate surface area is 110 Å². The normalized spacial score (nSPS) is 12.1. The highest BCUT2D eigenvalue weighted by molar-refractivity contribution is 7.11. The molecule has 3 N–H and O–H groups in total. The van der Waals surface area contributed by atoms with E-state index in [0.717, 1.165) is 6.42 Å². The Kier molecular flexibility index (Phi) is 5.80. The molecule has 6 heteroatoms. The molecule has 1 heterocycles. The number of aryl methyl sites for hydroxylation is 1. The second-order valence-electron chi connectivity index (χ2n) is 3.94. The number of amides is 1. The van der Waals surface area contributed by atoms with Gasteiger partial charge in [0.05, 0.1) is 0 Å². The van der Waals surface area contributed by atoms with Crippen LogP contribution in [-0.2, 0) is 22.6 Å². The number of hydrogen-bond acceptors (Lipinski definition) is 4. The minimum absolute atomic E-state index is 0.217. The van der Waals surface area contributed by atoms with Gasteiger partial charge in [-0.05, 0) is 18.6 Å². The summed E-state index contributed by atoms with van der Waals surface area (Å²) in [6.45, 7) is 4.24. The Morgan fingerprint density at radius 3 is 2.56 bits per heavy atom. The molecule has 1 atom stereocenters. The van der Waals surface area contributed by atoms with E-state index in [-0.39, 0.29) is 12.5 Å². The second-order valence-corrected chi connectivity index (χ2v) is 5.20. The van der Waals surface area contributed by atoms with Gasteiger partial charge in [0.1, 0.15) is 6.04 Å². The van der Waals surface area contributed by atoms with E-state index in [9.17, 15) is 9.59 Å². The van der Waals surface area contributed by atoms with E-state index in [1.807, 2.05) is 6.07 Å². The molecular weight excluding hydrogens is 252 g/mol. The summed E-state index contributed by atoms with van der Waals surface area (Å²) in [5.74, 6) is -1.37. The number of carbonyl (C=O) groups is 2. The van der Waals surface area contributed by atoms with Crippen molar-refractivity contribution >= 4 is 23.2 Å². The van der Waals surface area contributed by atoms with E-state index in [1.54, 1.807) is 11.3 Å². The number of hydrogen-bond donors (Lipinski definition) is 3. The first kappa shape index (κ1) is 14.7. The molecule has 100 valence electrons. The van der Waals surface area contributed by atoms with Gasteiger partial charge in [0.15, 0.2) is 0 Å². The van der Waals surface area contributed by atoms with Crippen molar-refractivity contribution < 1.29 is 14.7 Å². The number of carbonyl (C=O) groups excluding carboxylic acids is 1. The zero-order chi connectivity index (χ0) is 13.5. The molecule has 5 nitrogen and oxygen atoms in total. The van der Waals surface area contributed by atoms with Crippen molar-refractivity contribution in [2.45, 2.75) is 32.9 Å². The molecule has 0 fully saturated rings. The van der Waals surface area contributed by atoms with Gasteiger partial charge in [0.25, 0.3) is 0 Å². The van der Waals surface area contributed by atoms with Crippen LogP contribution in [0.1, 0.15) is 23.6 Å². The van der Waals surface area contributed by atoms with Crippen molar-refractivity contribution in [1.82, 2.24) is 10.6 Å². The van der Waals surface area contributed by atoms with Crippen LogP contribution in [-0.4, -0.2) is 29.6 Å². The first-order valence-corrected chi connectivity index (χ1v) is 6.62. The lowest BCUT2D eigenvalue weighted by molar-refractivity contribution is -0.141. The minimum Gasteiger partial charge on any atom is -0.480 e. The molecule has 0 bridgehead atoms. The van der Waals surface area contributed by atoms with Crippen LogP contribution >= 0.6 is 11.3 Å². The molecule has 0 aliphatic heterocycles. The SMILES string of the molecule is CCc1ccc(CNCC(NC(C)=O)C(=O)O)s1. The number of aliphatic carboxylic acids is 1. The predicted octanol–water partition coefficient (Wildman–Crippen LogP) is 0.989. The van der Waals surface area contributed by atoms with E-state index in [4.69, 9.17) is 5.11 Å². The Hall–Kier alpha value is -1.40. The van der Waals surface area contributed by atoms with Crippen LogP contribution in [0.25, 0.3) is 0 Å². The van der Waals surface area contributed by atoms with Crippen molar-refractivity contribution in [3.63, 3.8) is 0 Å². The summed E-state index contributed by atoms with van der Waals surface area (Å²) in [5.41, 5.74) is 0. The largest absolute Gasteiger partial charge is 0.480 e. The van der Waals surface area contributed by atoms with Gasteiger partial charge in [-0.3, -0.25) is 4.79 Å². The Balaban J connectivity index is 2.38. The Bertz CT molecular complexity index is 417. The van der Waals surface area contributed by atoms with Crippen molar-refractivity contribution in [3.8, 4) is 0 Å². The van der Waals surface area contributed by atoms with Crippen LogP contribution < -0.4 is 10.6 Å². The van der Waals surface area contributed by atoms with Gasteiger partial charge in [0.2, 0.25) is 5.91 Å². The van der Waals surface area contributed by atoms with Crippen LogP contribution in [0, 0.1) is 0 Å². The molecule has 0 aliphatic rings. The molecule has 0 radical (unpaired) electrons. The third kappa shape index (κ3) is 4.85. The maximum atomic E-state index is 10.9. The number of nitrogens with one attached hydrogen (secondary N) is 2. The lowest BCUT2D eigenvalue weighted by Crippen LogP contribution is -2.46. The summed E-state index contributed by atoms with van der Waals surface area (Å²) in [7, 11) is 0. The van der Waals surface area contributed by atoms with Crippen LogP contribution in [0.5, 0.6) is 0 Å². The fraction of sp³-hybridized carbons (Fsp3) is 0.500. The Morgan fingerprint density at radius 2 is 2.06 bits per heavy atom. The topological polar surface area (TPSA) is 78.4 Å². The highest BCUT2D eigenvalue weighted by atomic mass is 32.1. The molecule has 0 aliphatic carbocycles. The van der Waals surface area contributed by atoms with Gasteiger partial charge in [-0.1, -0.05) is 6.92 Å². The van der Waals surface area contributed by atoms with Crippen LogP contribution in [0.2, 0.25) is 0 Å². The molecular formula is C12H18N2O3S. The van der Waals surface area contributed by atoms with Crippen molar-refractivity contribution in [1.29, 1.82) is 0 Å². The van der Waals surface area contributed by atoms with E-state index in [1.165, 1.54) is 16.7 Å². The number of carboxylic acids is 1. The zero-order valence-corrected chi connectivity index (χ0v) is 11.3. The molecule has 0 spiro atoms. The molecule has 0 saturated heterocycles. The molecule has 1 unspecified atom stereocenters. The van der Waals surface area contributed by atoms with Crippen LogP contribution in [0.4, 0.5) is 0 Å². The Morgan fingerprint density at radius 1 is 1.39 bits per heavy atom. The minimum atomic E-state index is -1.03. The quantitative estimate of drug-likeness (QED) is 0.690. The first-order valence-electron chi connectivity index (χ1n) is 5.81. The highest BCUT2D eigenvalue weighted by Gasteiger charge is 2.17. The van der Waals surface area contributed by atoms with Crippen LogP contribution in [0.15, 0.2) is 12.1 Å². The average Bonchev–Trinajstić information content (AvgIpc) is 2.75. The molecule has 1 amide bonds. The van der Waals surface area contributed by atoms with Crippen LogP contribution in [0.3, 0.4) is 0 Å². The fourth-order valence-electron chi connectivity index (χ4n) is 1.49. The highest BCUT2D eigenvalue weighted by Crippen LogP contribution is 2.16. The van der Waals surface area contributed by atoms with E-state index < -0.39 is 12.0 Å². The summed E-state index contributed by atoms with van der Waals surface area (Å²) in [4.78, 5) is 24.2. The zero-order valence-electron chi connectivity index (χ0n) is 10.5. The average molecular weight is 270 g/mol. The molecule has 18 heavy (non-hydrogen) atoms. The molecule has 1 aromatic rings. The molecule has 1 aromatic heterocycles. The van der Waals surface area contributed by atoms with Crippen molar-refractivity contribution in [3.05, 3.63) is 21.9 Å². The van der Waals surface area contributed by atoms with Gasteiger partial charge in [0, 0.05) is 29.8 Å². The third-order valence-electron chi connectivity index (χ3n) is 2.39.